The lowest BCUT2D eigenvalue weighted by atomic mass is 9.85. The van der Waals surface area contributed by atoms with Crippen LogP contribution in [0.1, 0.15) is 80.7 Å². The number of benzene rings is 2. The zero-order chi connectivity index (χ0) is 53.5. The van der Waals surface area contributed by atoms with Gasteiger partial charge in [0.1, 0.15) is 18.4 Å². The SMILES string of the molecule is CNC(=O)c1nnc(NC(=O)CNC(=O)CCNC(=O)C[C@H](NC(=O)[C@@H]2C[C@@H](O)CN2C(=O)[C@@H](NC(=O)C2(F)CC2)C(C)(C)C)c2ccc(-c3scnc3C)cc2)cc1Nc1cccc(-c2ncn(C)n2)c1OC. The van der Waals surface area contributed by atoms with Gasteiger partial charge in [0.25, 0.3) is 11.8 Å². The van der Waals surface area contributed by atoms with Crippen molar-refractivity contribution < 1.29 is 47.8 Å². The molecule has 1 aliphatic carbocycles. The number of aryl methyl sites for hydroxylation is 2. The summed E-state index contributed by atoms with van der Waals surface area (Å²) in [4.78, 5) is 104. The number of anilines is 3. The summed E-state index contributed by atoms with van der Waals surface area (Å²) in [5.74, 6) is -3.87. The van der Waals surface area contributed by atoms with Crippen LogP contribution in [-0.2, 0) is 35.8 Å². The van der Waals surface area contributed by atoms with E-state index in [1.165, 1.54) is 47.5 Å². The number of amides is 7. The van der Waals surface area contributed by atoms with Crippen molar-refractivity contribution in [2.45, 2.75) is 89.7 Å². The Hall–Kier alpha value is -7.93. The van der Waals surface area contributed by atoms with E-state index in [1.54, 1.807) is 63.7 Å². The van der Waals surface area contributed by atoms with E-state index in [1.807, 2.05) is 19.1 Å². The van der Waals surface area contributed by atoms with Crippen molar-refractivity contribution in [3.05, 3.63) is 77.3 Å². The number of rotatable bonds is 20. The van der Waals surface area contributed by atoms with Gasteiger partial charge in [0.2, 0.25) is 29.5 Å². The van der Waals surface area contributed by atoms with Gasteiger partial charge in [-0.15, -0.1) is 21.5 Å². The largest absolute Gasteiger partial charge is 0.494 e. The predicted octanol–water partition coefficient (Wildman–Crippen LogP) is 2.62. The van der Waals surface area contributed by atoms with Crippen LogP contribution in [0.2, 0.25) is 0 Å². The molecule has 4 heterocycles. The van der Waals surface area contributed by atoms with Gasteiger partial charge in [-0.25, -0.2) is 14.4 Å². The highest BCUT2D eigenvalue weighted by Crippen LogP contribution is 2.41. The molecule has 4 atom stereocenters. The molecule has 1 saturated carbocycles. The number of aromatic nitrogens is 6. The number of ether oxygens (including phenoxy) is 1. The quantitative estimate of drug-likeness (QED) is 0.0556. The molecular weight excluding hydrogens is 980 g/mol. The molecule has 1 aliphatic heterocycles. The summed E-state index contributed by atoms with van der Waals surface area (Å²) in [6.07, 6.45) is -0.107. The third-order valence-corrected chi connectivity index (χ3v) is 13.3. The summed E-state index contributed by atoms with van der Waals surface area (Å²) in [6, 6.07) is 10.4. The third-order valence-electron chi connectivity index (χ3n) is 12.3. The molecule has 392 valence electrons. The summed E-state index contributed by atoms with van der Waals surface area (Å²) in [5, 5.41) is 41.9. The molecule has 0 bridgehead atoms. The number of nitrogens with one attached hydrogen (secondary N) is 7. The minimum Gasteiger partial charge on any atom is -0.494 e. The second-order valence-corrected chi connectivity index (χ2v) is 19.9. The van der Waals surface area contributed by atoms with Gasteiger partial charge in [0, 0.05) is 46.1 Å². The number of likely N-dealkylation sites (tertiary alicyclic amines) is 1. The standard InChI is InChI=1S/C49H59FN14O9S/c1-26-41(74-25-55-26)28-13-11-27(12-14-28)32(57-44(69)34-19-29(65)23-64(34)46(71)42(48(2,3)4)59-47(72)49(50)16-17-49)21-37(67)52-18-15-36(66)53-22-38(68)58-35-20-33(39(61-60-35)45(70)51-5)56-31-10-8-9-30(40(31)73-7)43-54-24-63(6)62-43/h8-14,20,24-25,29,32,34,42,65H,15-19,21-23H2,1-7H3,(H,51,70)(H,52,67)(H,53,66)(H,57,69)(H,59,72)(H2,56,58,60,68)/t29-,32+,34+,42-/m1/s1. The van der Waals surface area contributed by atoms with Crippen LogP contribution in [0.4, 0.5) is 21.6 Å². The Morgan fingerprint density at radius 2 is 1.70 bits per heavy atom. The highest BCUT2D eigenvalue weighted by Gasteiger charge is 2.53. The Balaban J connectivity index is 0.966. The molecule has 0 unspecified atom stereocenters. The first-order chi connectivity index (χ1) is 35.2. The molecular formula is C49H59FN14O9S. The van der Waals surface area contributed by atoms with E-state index < -0.39 is 83.2 Å². The lowest BCUT2D eigenvalue weighted by molar-refractivity contribution is -0.145. The Kier molecular flexibility index (Phi) is 16.6. The normalized spacial score (nSPS) is 16.5. The van der Waals surface area contributed by atoms with Crippen molar-refractivity contribution in [3.8, 4) is 27.6 Å². The molecule has 0 spiro atoms. The number of para-hydroxylation sites is 1. The number of carbonyl (C=O) groups is 7. The lowest BCUT2D eigenvalue weighted by Gasteiger charge is -2.36. The van der Waals surface area contributed by atoms with E-state index in [2.05, 4.69) is 62.5 Å². The average molecular weight is 1040 g/mol. The van der Waals surface area contributed by atoms with Crippen LogP contribution in [0.15, 0.2) is 60.4 Å². The number of hydrogen-bond donors (Lipinski definition) is 8. The van der Waals surface area contributed by atoms with Gasteiger partial charge in [-0.1, -0.05) is 51.1 Å². The first kappa shape index (κ1) is 53.9. The summed E-state index contributed by atoms with van der Waals surface area (Å²) < 4.78 is 22.0. The number of aliphatic hydroxyl groups excluding tert-OH is 1. The molecule has 5 aromatic rings. The molecule has 74 heavy (non-hydrogen) atoms. The van der Waals surface area contributed by atoms with Crippen molar-refractivity contribution in [2.75, 3.05) is 44.4 Å². The second kappa shape index (κ2) is 22.9. The Morgan fingerprint density at radius 3 is 2.34 bits per heavy atom. The Morgan fingerprint density at radius 1 is 0.959 bits per heavy atom. The van der Waals surface area contributed by atoms with Crippen molar-refractivity contribution in [1.29, 1.82) is 0 Å². The van der Waals surface area contributed by atoms with Gasteiger partial charge in [-0.3, -0.25) is 38.2 Å². The first-order valence-corrected chi connectivity index (χ1v) is 24.6. The van der Waals surface area contributed by atoms with Crippen LogP contribution in [0.3, 0.4) is 0 Å². The molecule has 3 aromatic heterocycles. The summed E-state index contributed by atoms with van der Waals surface area (Å²) in [7, 11) is 4.62. The van der Waals surface area contributed by atoms with Crippen molar-refractivity contribution in [3.63, 3.8) is 0 Å². The van der Waals surface area contributed by atoms with Crippen LogP contribution in [0.5, 0.6) is 5.75 Å². The number of hydrogen-bond acceptors (Lipinski definition) is 16. The van der Waals surface area contributed by atoms with Gasteiger partial charge >= 0.3 is 0 Å². The van der Waals surface area contributed by atoms with Crippen LogP contribution < -0.4 is 42.0 Å². The van der Waals surface area contributed by atoms with Crippen molar-refractivity contribution in [2.24, 2.45) is 12.5 Å². The van der Waals surface area contributed by atoms with Gasteiger partial charge < -0.3 is 52.0 Å². The molecule has 2 fully saturated rings. The zero-order valence-electron chi connectivity index (χ0n) is 41.9. The minimum absolute atomic E-state index is 0.0430. The Bertz CT molecular complexity index is 2920. The van der Waals surface area contributed by atoms with Gasteiger partial charge in [-0.05, 0) is 48.4 Å². The van der Waals surface area contributed by atoms with Gasteiger partial charge in [-0.2, -0.15) is 5.10 Å². The fourth-order valence-electron chi connectivity index (χ4n) is 8.18. The monoisotopic (exact) mass is 1040 g/mol. The maximum absolute atomic E-state index is 14.8. The molecule has 1 saturated heterocycles. The van der Waals surface area contributed by atoms with E-state index in [0.717, 1.165) is 16.1 Å². The highest BCUT2D eigenvalue weighted by atomic mass is 32.1. The highest BCUT2D eigenvalue weighted by molar-refractivity contribution is 7.13. The summed E-state index contributed by atoms with van der Waals surface area (Å²) >= 11 is 1.46. The molecule has 23 nitrogen and oxygen atoms in total. The van der Waals surface area contributed by atoms with Crippen molar-refractivity contribution >= 4 is 69.9 Å². The molecule has 7 amide bonds. The fourth-order valence-corrected chi connectivity index (χ4v) is 9.00. The third kappa shape index (κ3) is 13.0. The van der Waals surface area contributed by atoms with E-state index in [-0.39, 0.29) is 62.4 Å². The Labute approximate surface area is 429 Å². The minimum atomic E-state index is -2.05. The fraction of sp³-hybridized carbons (Fsp3) is 0.429. The van der Waals surface area contributed by atoms with Crippen LogP contribution in [0.25, 0.3) is 21.8 Å². The summed E-state index contributed by atoms with van der Waals surface area (Å²) in [6.45, 7) is 6.14. The maximum Gasteiger partial charge on any atom is 0.273 e. The van der Waals surface area contributed by atoms with Crippen LogP contribution >= 0.6 is 11.3 Å². The smallest absolute Gasteiger partial charge is 0.273 e. The number of nitrogens with zero attached hydrogens (tertiary/aromatic N) is 7. The molecule has 2 aromatic carbocycles. The molecule has 2 aliphatic rings. The van der Waals surface area contributed by atoms with E-state index in [4.69, 9.17) is 4.74 Å². The number of carbonyl (C=O) groups excluding carboxylic acids is 7. The van der Waals surface area contributed by atoms with E-state index in [0.29, 0.717) is 28.4 Å². The number of β-amino-alcohol motifs (C(OH)–C–C–N with tert-alkyl or cyclic N) is 1. The second-order valence-electron chi connectivity index (χ2n) is 19.0. The van der Waals surface area contributed by atoms with E-state index in [9.17, 15) is 43.1 Å². The average Bonchev–Trinajstić information content (AvgIpc) is 3.61. The lowest BCUT2D eigenvalue weighted by Crippen LogP contribution is -2.59. The van der Waals surface area contributed by atoms with Crippen molar-refractivity contribution in [1.82, 2.24) is 61.4 Å². The number of aliphatic hydroxyl groups is 1. The number of alkyl halides is 1. The van der Waals surface area contributed by atoms with Crippen LogP contribution in [0, 0.1) is 12.3 Å². The molecule has 0 radical (unpaired) electrons. The zero-order valence-corrected chi connectivity index (χ0v) is 42.7. The number of thiazole rings is 1. The molecule has 8 N–H and O–H groups in total. The number of methoxy groups -OCH3 is 1. The molecule has 25 heteroatoms. The summed E-state index contributed by atoms with van der Waals surface area (Å²) in [5.41, 5.74) is 2.08. The van der Waals surface area contributed by atoms with Crippen LogP contribution in [-0.4, -0.2) is 139 Å². The van der Waals surface area contributed by atoms with E-state index >= 15 is 0 Å². The molecule has 7 rings (SSSR count). The predicted molar refractivity (Wildman–Crippen MR) is 269 cm³/mol. The maximum atomic E-state index is 14.8. The topological polar surface area (TPSA) is 306 Å². The number of halogens is 1. The van der Waals surface area contributed by atoms with Gasteiger partial charge in [0.05, 0.1) is 65.2 Å². The van der Waals surface area contributed by atoms with Gasteiger partial charge in [0.15, 0.2) is 28.8 Å². The first-order valence-electron chi connectivity index (χ1n) is 23.7.